The molecule has 4 aromatic carbocycles. The molecule has 208 valence electrons. The first-order chi connectivity index (χ1) is 20.3. The molecule has 6 aromatic rings. The maximum atomic E-state index is 13.5. The van der Waals surface area contributed by atoms with Crippen LogP contribution in [0.4, 0.5) is 10.1 Å². The van der Waals surface area contributed by atoms with Gasteiger partial charge in [-0.25, -0.2) is 9.37 Å². The molecule has 6 rings (SSSR count). The molecular formula is C31H19Br2FN4O4. The van der Waals surface area contributed by atoms with E-state index in [9.17, 15) is 14.0 Å². The fraction of sp³-hybridized carbons (Fsp3) is 0.0323. The van der Waals surface area contributed by atoms with Crippen LogP contribution < -0.4 is 15.6 Å². The summed E-state index contributed by atoms with van der Waals surface area (Å²) in [5.41, 5.74) is 1.81. The number of furan rings is 1. The van der Waals surface area contributed by atoms with Crippen molar-refractivity contribution in [3.63, 3.8) is 0 Å². The summed E-state index contributed by atoms with van der Waals surface area (Å²) >= 11 is 6.93. The molecule has 42 heavy (non-hydrogen) atoms. The SMILES string of the molecule is O=C(COc1ccc(C=Nn2c(-c3cc4cc(Br)ccc4o3)nc3ccccc3c2=O)cc1Br)Nc1cccc(F)c1. The standard InChI is InChI=1S/C31H19Br2FN4O4/c32-20-9-11-26-19(13-20)14-28(42-26)30-37-25-7-2-1-6-23(25)31(40)38(30)35-16-18-8-10-27(24(33)12-18)41-17-29(39)36-22-5-3-4-21(34)15-22/h1-16H,17H2,(H,36,39). The number of nitrogens with zero attached hydrogens (tertiary/aromatic N) is 3. The largest absolute Gasteiger partial charge is 0.483 e. The van der Waals surface area contributed by atoms with Crippen LogP contribution in [0, 0.1) is 5.82 Å². The van der Waals surface area contributed by atoms with Crippen molar-refractivity contribution in [2.75, 3.05) is 11.9 Å². The van der Waals surface area contributed by atoms with E-state index in [0.717, 1.165) is 9.86 Å². The maximum Gasteiger partial charge on any atom is 0.282 e. The normalized spacial score (nSPS) is 11.4. The van der Waals surface area contributed by atoms with E-state index in [1.165, 1.54) is 29.1 Å². The summed E-state index contributed by atoms with van der Waals surface area (Å²) in [6, 6.07) is 25.2. The molecule has 0 fully saturated rings. The van der Waals surface area contributed by atoms with Crippen LogP contribution in [0.25, 0.3) is 33.5 Å². The van der Waals surface area contributed by atoms with Crippen LogP contribution in [-0.2, 0) is 4.79 Å². The monoisotopic (exact) mass is 688 g/mol. The van der Waals surface area contributed by atoms with Crippen LogP contribution in [-0.4, -0.2) is 28.4 Å². The van der Waals surface area contributed by atoms with Crippen LogP contribution in [0.2, 0.25) is 0 Å². The van der Waals surface area contributed by atoms with Crippen molar-refractivity contribution < 1.29 is 18.3 Å². The Kier molecular flexibility index (Phi) is 7.68. The number of anilines is 1. The summed E-state index contributed by atoms with van der Waals surface area (Å²) in [5.74, 6) is 0.176. The lowest BCUT2D eigenvalue weighted by molar-refractivity contribution is -0.118. The number of carbonyl (C=O) groups is 1. The number of amides is 1. The Hall–Kier alpha value is -4.61. The van der Waals surface area contributed by atoms with Crippen LogP contribution in [0.3, 0.4) is 0 Å². The Labute approximate surface area is 254 Å². The topological polar surface area (TPSA) is 98.7 Å². The average Bonchev–Trinajstić information content (AvgIpc) is 3.39. The average molecular weight is 690 g/mol. The molecule has 0 radical (unpaired) electrons. The number of hydrogen-bond acceptors (Lipinski definition) is 6. The van der Waals surface area contributed by atoms with Gasteiger partial charge in [0.2, 0.25) is 5.82 Å². The zero-order chi connectivity index (χ0) is 29.2. The van der Waals surface area contributed by atoms with E-state index < -0.39 is 11.7 Å². The first kappa shape index (κ1) is 27.6. The molecule has 0 unspecified atom stereocenters. The quantitative estimate of drug-likeness (QED) is 0.177. The molecule has 2 heterocycles. The van der Waals surface area contributed by atoms with Gasteiger partial charge >= 0.3 is 0 Å². The summed E-state index contributed by atoms with van der Waals surface area (Å²) in [5, 5.41) is 8.33. The first-order valence-corrected chi connectivity index (χ1v) is 14.2. The second-order valence-corrected chi connectivity index (χ2v) is 10.9. The summed E-state index contributed by atoms with van der Waals surface area (Å²) in [4.78, 5) is 30.4. The lowest BCUT2D eigenvalue weighted by Gasteiger charge is -2.10. The molecule has 1 amide bonds. The first-order valence-electron chi connectivity index (χ1n) is 12.6. The molecule has 0 aliphatic heterocycles. The fourth-order valence-corrected chi connectivity index (χ4v) is 5.15. The van der Waals surface area contributed by atoms with E-state index in [1.807, 2.05) is 30.3 Å². The number of ether oxygens (including phenoxy) is 1. The van der Waals surface area contributed by atoms with Gasteiger partial charge in [0.25, 0.3) is 11.5 Å². The molecule has 1 N–H and O–H groups in total. The zero-order valence-corrected chi connectivity index (χ0v) is 24.7. The second kappa shape index (κ2) is 11.7. The van der Waals surface area contributed by atoms with Crippen molar-refractivity contribution in [1.29, 1.82) is 0 Å². The van der Waals surface area contributed by atoms with E-state index in [1.54, 1.807) is 42.5 Å². The van der Waals surface area contributed by atoms with Crippen LogP contribution >= 0.6 is 31.9 Å². The summed E-state index contributed by atoms with van der Waals surface area (Å²) in [7, 11) is 0. The van der Waals surface area contributed by atoms with Gasteiger partial charge in [-0.3, -0.25) is 9.59 Å². The number of carbonyl (C=O) groups excluding carboxylic acids is 1. The predicted octanol–water partition coefficient (Wildman–Crippen LogP) is 7.37. The number of halogens is 3. The van der Waals surface area contributed by atoms with Crippen molar-refractivity contribution in [3.05, 3.63) is 122 Å². The van der Waals surface area contributed by atoms with E-state index in [0.29, 0.717) is 43.7 Å². The molecule has 0 aliphatic carbocycles. The van der Waals surface area contributed by atoms with Crippen molar-refractivity contribution in [3.8, 4) is 17.3 Å². The van der Waals surface area contributed by atoms with Crippen LogP contribution in [0.5, 0.6) is 5.75 Å². The lowest BCUT2D eigenvalue weighted by atomic mass is 10.2. The Morgan fingerprint density at radius 1 is 1.02 bits per heavy atom. The van der Waals surface area contributed by atoms with Crippen molar-refractivity contribution >= 4 is 71.5 Å². The van der Waals surface area contributed by atoms with Gasteiger partial charge in [-0.2, -0.15) is 9.78 Å². The molecule has 0 aliphatic rings. The predicted molar refractivity (Wildman–Crippen MR) is 167 cm³/mol. The van der Waals surface area contributed by atoms with Gasteiger partial charge in [0.1, 0.15) is 17.1 Å². The Morgan fingerprint density at radius 3 is 2.71 bits per heavy atom. The van der Waals surface area contributed by atoms with Gasteiger partial charge in [-0.15, -0.1) is 0 Å². The minimum atomic E-state index is -0.451. The highest BCUT2D eigenvalue weighted by Crippen LogP contribution is 2.30. The van der Waals surface area contributed by atoms with Gasteiger partial charge in [-0.05, 0) is 94.3 Å². The lowest BCUT2D eigenvalue weighted by Crippen LogP contribution is -2.20. The number of para-hydroxylation sites is 1. The van der Waals surface area contributed by atoms with Crippen molar-refractivity contribution in [1.82, 2.24) is 9.66 Å². The number of hydrogen-bond donors (Lipinski definition) is 1. The minimum Gasteiger partial charge on any atom is -0.483 e. The van der Waals surface area contributed by atoms with Crippen molar-refractivity contribution in [2.45, 2.75) is 0 Å². The van der Waals surface area contributed by atoms with E-state index in [2.05, 4.69) is 42.3 Å². The highest BCUT2D eigenvalue weighted by atomic mass is 79.9. The highest BCUT2D eigenvalue weighted by Gasteiger charge is 2.17. The van der Waals surface area contributed by atoms with Crippen LogP contribution in [0.1, 0.15) is 5.56 Å². The molecule has 0 saturated heterocycles. The number of fused-ring (bicyclic) bond motifs is 2. The second-order valence-electron chi connectivity index (χ2n) is 9.14. The zero-order valence-electron chi connectivity index (χ0n) is 21.6. The molecule has 2 aromatic heterocycles. The van der Waals surface area contributed by atoms with E-state index >= 15 is 0 Å². The van der Waals surface area contributed by atoms with Gasteiger partial charge in [0.15, 0.2) is 12.4 Å². The molecular weight excluding hydrogens is 671 g/mol. The van der Waals surface area contributed by atoms with Gasteiger partial charge in [0, 0.05) is 15.5 Å². The summed E-state index contributed by atoms with van der Waals surface area (Å²) in [6.07, 6.45) is 1.52. The summed E-state index contributed by atoms with van der Waals surface area (Å²) < 4.78 is 27.7. The number of rotatable bonds is 7. The molecule has 0 spiro atoms. The summed E-state index contributed by atoms with van der Waals surface area (Å²) in [6.45, 7) is -0.280. The minimum absolute atomic E-state index is 0.255. The third kappa shape index (κ3) is 5.88. The van der Waals surface area contributed by atoms with Gasteiger partial charge in [0.05, 0.1) is 21.6 Å². The fourth-order valence-electron chi connectivity index (χ4n) is 4.26. The Balaban J connectivity index is 1.27. The number of benzene rings is 4. The number of aromatic nitrogens is 2. The Bertz CT molecular complexity index is 2070. The molecule has 0 saturated carbocycles. The third-order valence-electron chi connectivity index (χ3n) is 6.20. The van der Waals surface area contributed by atoms with E-state index in [4.69, 9.17) is 14.1 Å². The maximum absolute atomic E-state index is 13.5. The Morgan fingerprint density at radius 2 is 1.88 bits per heavy atom. The third-order valence-corrected chi connectivity index (χ3v) is 7.31. The van der Waals surface area contributed by atoms with E-state index in [-0.39, 0.29) is 18.0 Å². The molecule has 8 nitrogen and oxygen atoms in total. The molecule has 0 bridgehead atoms. The van der Waals surface area contributed by atoms with Crippen LogP contribution in [0.15, 0.2) is 114 Å². The smallest absolute Gasteiger partial charge is 0.282 e. The van der Waals surface area contributed by atoms with Gasteiger partial charge in [-0.1, -0.05) is 34.1 Å². The molecule has 11 heteroatoms. The highest BCUT2D eigenvalue weighted by molar-refractivity contribution is 9.10. The van der Waals surface area contributed by atoms with Crippen molar-refractivity contribution in [2.24, 2.45) is 5.10 Å². The molecule has 0 atom stereocenters. The van der Waals surface area contributed by atoms with Gasteiger partial charge < -0.3 is 14.5 Å². The number of nitrogens with one attached hydrogen (secondary N) is 1.